The number of ether oxygens (including phenoxy) is 1. The van der Waals surface area contributed by atoms with Crippen molar-refractivity contribution < 1.29 is 9.84 Å². The Balaban J connectivity index is 1.76. The quantitative estimate of drug-likeness (QED) is 0.864. The first-order valence-electron chi connectivity index (χ1n) is 7.87. The fourth-order valence-electron chi connectivity index (χ4n) is 4.94. The van der Waals surface area contributed by atoms with Crippen LogP contribution in [-0.4, -0.2) is 24.4 Å². The third kappa shape index (κ3) is 1.79. The van der Waals surface area contributed by atoms with Crippen LogP contribution in [0.3, 0.4) is 0 Å². The summed E-state index contributed by atoms with van der Waals surface area (Å²) in [4.78, 5) is 0. The van der Waals surface area contributed by atoms with Gasteiger partial charge in [0.1, 0.15) is 0 Å². The van der Waals surface area contributed by atoms with Crippen LogP contribution in [0, 0.1) is 23.2 Å². The first kappa shape index (κ1) is 13.3. The molecule has 0 radical (unpaired) electrons. The highest BCUT2D eigenvalue weighted by Gasteiger charge is 2.61. The van der Waals surface area contributed by atoms with Gasteiger partial charge in [0, 0.05) is 18.4 Å². The Bertz CT molecular complexity index is 576. The molecule has 0 amide bonds. The van der Waals surface area contributed by atoms with Crippen molar-refractivity contribution in [1.82, 2.24) is 0 Å². The highest BCUT2D eigenvalue weighted by molar-refractivity contribution is 5.32. The summed E-state index contributed by atoms with van der Waals surface area (Å²) in [5, 5.41) is 11.1. The predicted octanol–water partition coefficient (Wildman–Crippen LogP) is 2.98. The molecule has 0 unspecified atom stereocenters. The van der Waals surface area contributed by atoms with Crippen LogP contribution in [0.15, 0.2) is 54.6 Å². The van der Waals surface area contributed by atoms with Crippen molar-refractivity contribution in [3.63, 3.8) is 0 Å². The average molecular weight is 282 g/mol. The molecule has 0 heterocycles. The third-order valence-corrected chi connectivity index (χ3v) is 5.84. The van der Waals surface area contributed by atoms with Crippen molar-refractivity contribution in [3.05, 3.63) is 60.2 Å². The van der Waals surface area contributed by atoms with E-state index in [0.717, 1.165) is 12.8 Å². The van der Waals surface area contributed by atoms with Crippen molar-refractivity contribution in [3.8, 4) is 0 Å². The first-order valence-corrected chi connectivity index (χ1v) is 7.87. The Morgan fingerprint density at radius 3 is 2.81 bits per heavy atom. The number of aliphatic hydroxyl groups excluding tert-OH is 1. The molecule has 4 rings (SSSR count). The molecule has 2 heteroatoms. The van der Waals surface area contributed by atoms with Gasteiger partial charge in [0.05, 0.1) is 12.2 Å². The van der Waals surface area contributed by atoms with Crippen molar-refractivity contribution in [2.24, 2.45) is 23.2 Å². The molecule has 1 fully saturated rings. The van der Waals surface area contributed by atoms with E-state index < -0.39 is 0 Å². The Kier molecular flexibility index (Phi) is 3.05. The molecule has 1 N–H and O–H groups in total. The van der Waals surface area contributed by atoms with Crippen molar-refractivity contribution in [2.75, 3.05) is 7.11 Å². The third-order valence-electron chi connectivity index (χ3n) is 5.84. The summed E-state index contributed by atoms with van der Waals surface area (Å²) in [7, 11) is 1.75. The summed E-state index contributed by atoms with van der Waals surface area (Å²) in [5.74, 6) is 1.18. The number of benzene rings is 1. The summed E-state index contributed by atoms with van der Waals surface area (Å²) in [5.41, 5.74) is 1.15. The summed E-state index contributed by atoms with van der Waals surface area (Å²) < 4.78 is 5.62. The molecule has 1 aromatic carbocycles. The van der Waals surface area contributed by atoms with Crippen LogP contribution in [0.4, 0.5) is 0 Å². The van der Waals surface area contributed by atoms with Gasteiger partial charge in [0.2, 0.25) is 0 Å². The van der Waals surface area contributed by atoms with E-state index in [1.54, 1.807) is 7.11 Å². The van der Waals surface area contributed by atoms with E-state index in [-0.39, 0.29) is 23.5 Å². The van der Waals surface area contributed by atoms with E-state index in [9.17, 15) is 5.11 Å². The highest BCUT2D eigenvalue weighted by Crippen LogP contribution is 2.60. The van der Waals surface area contributed by atoms with Crippen LogP contribution in [-0.2, 0) is 11.2 Å². The lowest BCUT2D eigenvalue weighted by atomic mass is 9.69. The molecular weight excluding hydrogens is 260 g/mol. The smallest absolute Gasteiger partial charge is 0.0808 e. The second-order valence-electron chi connectivity index (χ2n) is 6.71. The van der Waals surface area contributed by atoms with Crippen LogP contribution in [0.2, 0.25) is 0 Å². The van der Waals surface area contributed by atoms with E-state index in [0.29, 0.717) is 11.8 Å². The first-order chi connectivity index (χ1) is 10.3. The fourth-order valence-corrected chi connectivity index (χ4v) is 4.94. The average Bonchev–Trinajstić information content (AvgIpc) is 3.03. The van der Waals surface area contributed by atoms with Crippen molar-refractivity contribution in [1.29, 1.82) is 0 Å². The standard InChI is InChI=1S/C19H22O2/c1-21-16-10-11-19(12-13-6-3-2-4-7-13)15-9-5-8-14(15)17(16)18(19)20/h2-7,9-11,14-18,20H,8,12H2,1H3/t14-,15+,16-,17+,18+,19-/m0/s1. The summed E-state index contributed by atoms with van der Waals surface area (Å²) in [6, 6.07) is 10.5. The zero-order chi connectivity index (χ0) is 14.4. The zero-order valence-corrected chi connectivity index (χ0v) is 12.4. The maximum atomic E-state index is 11.1. The molecule has 1 saturated carbocycles. The summed E-state index contributed by atoms with van der Waals surface area (Å²) in [6.07, 6.45) is 10.8. The molecule has 21 heavy (non-hydrogen) atoms. The summed E-state index contributed by atoms with van der Waals surface area (Å²) in [6.45, 7) is 0. The van der Waals surface area contributed by atoms with Crippen molar-refractivity contribution >= 4 is 0 Å². The van der Waals surface area contributed by atoms with E-state index in [1.165, 1.54) is 5.56 Å². The lowest BCUT2D eigenvalue weighted by Gasteiger charge is -2.39. The largest absolute Gasteiger partial charge is 0.392 e. The van der Waals surface area contributed by atoms with Gasteiger partial charge in [-0.2, -0.15) is 0 Å². The van der Waals surface area contributed by atoms with Gasteiger partial charge >= 0.3 is 0 Å². The molecule has 0 aliphatic heterocycles. The number of aliphatic hydroxyl groups is 1. The number of hydrogen-bond acceptors (Lipinski definition) is 2. The Morgan fingerprint density at radius 2 is 2.05 bits per heavy atom. The molecule has 6 atom stereocenters. The molecule has 3 aliphatic carbocycles. The van der Waals surface area contributed by atoms with E-state index in [4.69, 9.17) is 4.74 Å². The second-order valence-corrected chi connectivity index (χ2v) is 6.71. The monoisotopic (exact) mass is 282 g/mol. The van der Waals surface area contributed by atoms with Gasteiger partial charge in [-0.05, 0) is 30.2 Å². The molecule has 0 saturated heterocycles. The number of rotatable bonds is 3. The van der Waals surface area contributed by atoms with E-state index >= 15 is 0 Å². The van der Waals surface area contributed by atoms with Gasteiger partial charge in [-0.1, -0.05) is 54.6 Å². The normalized spacial score (nSPS) is 43.2. The van der Waals surface area contributed by atoms with Crippen LogP contribution < -0.4 is 0 Å². The highest BCUT2D eigenvalue weighted by atomic mass is 16.5. The van der Waals surface area contributed by atoms with E-state index in [2.05, 4.69) is 48.6 Å². The van der Waals surface area contributed by atoms with Crippen LogP contribution >= 0.6 is 0 Å². The number of hydrogen-bond donors (Lipinski definition) is 1. The van der Waals surface area contributed by atoms with Gasteiger partial charge in [0.25, 0.3) is 0 Å². The fraction of sp³-hybridized carbons (Fsp3) is 0.474. The molecule has 0 aromatic heterocycles. The SMILES string of the molecule is CO[C@H]1C=C[C@@]2(Cc3ccccc3)[C@H](O)[C@@H]1[C@H]1CC=C[C@H]12. The minimum Gasteiger partial charge on any atom is -0.392 e. The molecular formula is C19H22O2. The molecule has 0 spiro atoms. The van der Waals surface area contributed by atoms with Gasteiger partial charge in [-0.3, -0.25) is 0 Å². The lowest BCUT2D eigenvalue weighted by molar-refractivity contribution is -0.0278. The Hall–Kier alpha value is -1.38. The predicted molar refractivity (Wildman–Crippen MR) is 82.7 cm³/mol. The maximum absolute atomic E-state index is 11.1. The molecule has 2 nitrogen and oxygen atoms in total. The molecule has 3 aliphatic rings. The second kappa shape index (κ2) is 4.82. The van der Waals surface area contributed by atoms with E-state index in [1.807, 2.05) is 6.07 Å². The molecule has 1 aromatic rings. The number of allylic oxidation sites excluding steroid dienone is 2. The van der Waals surface area contributed by atoms with Gasteiger partial charge in [0.15, 0.2) is 0 Å². The maximum Gasteiger partial charge on any atom is 0.0808 e. The molecule has 110 valence electrons. The van der Waals surface area contributed by atoms with Crippen LogP contribution in [0.25, 0.3) is 0 Å². The van der Waals surface area contributed by atoms with Gasteiger partial charge in [-0.15, -0.1) is 0 Å². The Morgan fingerprint density at radius 1 is 1.24 bits per heavy atom. The molecule has 2 bridgehead atoms. The summed E-state index contributed by atoms with van der Waals surface area (Å²) >= 11 is 0. The Labute approximate surface area is 126 Å². The topological polar surface area (TPSA) is 29.5 Å². The zero-order valence-electron chi connectivity index (χ0n) is 12.4. The van der Waals surface area contributed by atoms with Crippen LogP contribution in [0.5, 0.6) is 0 Å². The number of fused-ring (bicyclic) bond motifs is 5. The lowest BCUT2D eigenvalue weighted by Crippen LogP contribution is -2.44. The minimum absolute atomic E-state index is 0.0544. The minimum atomic E-state index is -0.312. The van der Waals surface area contributed by atoms with Crippen molar-refractivity contribution in [2.45, 2.75) is 25.0 Å². The van der Waals surface area contributed by atoms with Crippen LogP contribution in [0.1, 0.15) is 12.0 Å². The van der Waals surface area contributed by atoms with Gasteiger partial charge < -0.3 is 9.84 Å². The van der Waals surface area contributed by atoms with Gasteiger partial charge in [-0.25, -0.2) is 0 Å². The number of methoxy groups -OCH3 is 1.